The van der Waals surface area contributed by atoms with Gasteiger partial charge in [-0.15, -0.1) is 0 Å². The summed E-state index contributed by atoms with van der Waals surface area (Å²) in [5.41, 5.74) is 6.36. The fraction of sp³-hybridized carbons (Fsp3) is 0.579. The van der Waals surface area contributed by atoms with E-state index in [2.05, 4.69) is 10.6 Å². The molecule has 0 bridgehead atoms. The summed E-state index contributed by atoms with van der Waals surface area (Å²) in [6.45, 7) is 4.90. The number of carbonyl (C=O) groups is 2. The van der Waals surface area contributed by atoms with Crippen molar-refractivity contribution in [1.82, 2.24) is 10.6 Å². The molecule has 26 heavy (non-hydrogen) atoms. The lowest BCUT2D eigenvalue weighted by Gasteiger charge is -2.22. The van der Waals surface area contributed by atoms with Crippen molar-refractivity contribution in [2.45, 2.75) is 52.0 Å². The second-order valence-electron chi connectivity index (χ2n) is 6.67. The molecule has 1 atom stereocenters. The highest BCUT2D eigenvalue weighted by atomic mass is 35.5. The smallest absolute Gasteiger partial charge is 0.242 e. The molecule has 0 aromatic heterocycles. The zero-order valence-corrected chi connectivity index (χ0v) is 17.0. The molecule has 0 radical (unpaired) electrons. The molecule has 1 aromatic rings. The normalized spacial score (nSPS) is 12.1. The summed E-state index contributed by atoms with van der Waals surface area (Å²) >= 11 is 12.0. The number of halogens is 2. The summed E-state index contributed by atoms with van der Waals surface area (Å²) in [6, 6.07) is 4.76. The van der Waals surface area contributed by atoms with Crippen LogP contribution in [0.1, 0.15) is 45.1 Å². The van der Waals surface area contributed by atoms with Gasteiger partial charge >= 0.3 is 0 Å². The van der Waals surface area contributed by atoms with Crippen molar-refractivity contribution in [2.75, 3.05) is 13.1 Å². The molecule has 0 heterocycles. The number of hydrogen-bond donors (Lipinski definition) is 3. The van der Waals surface area contributed by atoms with Gasteiger partial charge in [0, 0.05) is 23.0 Å². The predicted octanol–water partition coefficient (Wildman–Crippen LogP) is 3.31. The fourth-order valence-corrected chi connectivity index (χ4v) is 3.04. The van der Waals surface area contributed by atoms with Crippen LogP contribution in [0.2, 0.25) is 10.0 Å². The Morgan fingerprint density at radius 1 is 1.15 bits per heavy atom. The van der Waals surface area contributed by atoms with E-state index in [1.54, 1.807) is 12.1 Å². The minimum Gasteiger partial charge on any atom is -0.354 e. The molecule has 146 valence electrons. The van der Waals surface area contributed by atoms with Gasteiger partial charge in [-0.2, -0.15) is 0 Å². The van der Waals surface area contributed by atoms with Gasteiger partial charge in [0.15, 0.2) is 0 Å². The number of nitrogens with one attached hydrogen (secondary N) is 2. The maximum absolute atomic E-state index is 12.4. The average molecular weight is 402 g/mol. The van der Waals surface area contributed by atoms with Gasteiger partial charge in [-0.1, -0.05) is 49.5 Å². The van der Waals surface area contributed by atoms with E-state index in [4.69, 9.17) is 28.9 Å². The van der Waals surface area contributed by atoms with E-state index in [9.17, 15) is 9.59 Å². The third kappa shape index (κ3) is 8.39. The fourth-order valence-electron chi connectivity index (χ4n) is 2.54. The summed E-state index contributed by atoms with van der Waals surface area (Å²) < 4.78 is 0. The number of rotatable bonds is 11. The van der Waals surface area contributed by atoms with E-state index in [1.807, 2.05) is 19.9 Å². The monoisotopic (exact) mass is 401 g/mol. The zero-order chi connectivity index (χ0) is 19.5. The van der Waals surface area contributed by atoms with Crippen molar-refractivity contribution >= 4 is 35.0 Å². The number of hydrogen-bond acceptors (Lipinski definition) is 3. The summed E-state index contributed by atoms with van der Waals surface area (Å²) in [5, 5.41) is 6.87. The molecule has 0 saturated heterocycles. The number of amides is 2. The second kappa shape index (κ2) is 12.2. The van der Waals surface area contributed by atoms with Crippen LogP contribution in [-0.4, -0.2) is 30.9 Å². The minimum absolute atomic E-state index is 0.00196. The molecule has 2 amide bonds. The van der Waals surface area contributed by atoms with Gasteiger partial charge in [-0.25, -0.2) is 0 Å². The van der Waals surface area contributed by atoms with Gasteiger partial charge in [-0.3, -0.25) is 9.59 Å². The van der Waals surface area contributed by atoms with Gasteiger partial charge in [0.2, 0.25) is 11.8 Å². The number of carbonyl (C=O) groups excluding carboxylic acids is 2. The lowest BCUT2D eigenvalue weighted by molar-refractivity contribution is -0.130. The van der Waals surface area contributed by atoms with Gasteiger partial charge < -0.3 is 16.4 Å². The Bertz CT molecular complexity index is 594. The third-order valence-corrected chi connectivity index (χ3v) is 4.67. The molecular weight excluding hydrogens is 373 g/mol. The molecule has 1 unspecified atom stereocenters. The van der Waals surface area contributed by atoms with Crippen LogP contribution in [0.3, 0.4) is 0 Å². The Kier molecular flexibility index (Phi) is 10.6. The number of benzene rings is 1. The summed E-state index contributed by atoms with van der Waals surface area (Å²) in [4.78, 5) is 24.5. The first-order valence-electron chi connectivity index (χ1n) is 9.06. The van der Waals surface area contributed by atoms with Gasteiger partial charge in [0.25, 0.3) is 0 Å². The quantitative estimate of drug-likeness (QED) is 0.497. The first kappa shape index (κ1) is 22.7. The molecule has 5 nitrogen and oxygen atoms in total. The topological polar surface area (TPSA) is 84.2 Å². The predicted molar refractivity (Wildman–Crippen MR) is 107 cm³/mol. The highest BCUT2D eigenvalue weighted by molar-refractivity contribution is 6.35. The van der Waals surface area contributed by atoms with Gasteiger partial charge in [-0.05, 0) is 49.4 Å². The Labute approximate surface area is 166 Å². The van der Waals surface area contributed by atoms with Crippen LogP contribution >= 0.6 is 23.2 Å². The van der Waals surface area contributed by atoms with E-state index in [0.29, 0.717) is 36.0 Å². The maximum atomic E-state index is 12.4. The largest absolute Gasteiger partial charge is 0.354 e. The highest BCUT2D eigenvalue weighted by Crippen LogP contribution is 2.21. The van der Waals surface area contributed by atoms with Crippen LogP contribution in [0.15, 0.2) is 18.2 Å². The lowest BCUT2D eigenvalue weighted by atomic mass is 10.0. The summed E-state index contributed by atoms with van der Waals surface area (Å²) in [7, 11) is 0. The molecule has 0 spiro atoms. The Balaban J connectivity index is 2.45. The van der Waals surface area contributed by atoms with Crippen LogP contribution in [0, 0.1) is 5.92 Å². The molecule has 0 aliphatic carbocycles. The molecule has 1 aromatic carbocycles. The third-order valence-electron chi connectivity index (χ3n) is 4.08. The lowest BCUT2D eigenvalue weighted by Crippen LogP contribution is -2.50. The Hall–Kier alpha value is -1.30. The minimum atomic E-state index is -0.544. The molecule has 4 N–H and O–H groups in total. The van der Waals surface area contributed by atoms with E-state index in [1.165, 1.54) is 0 Å². The van der Waals surface area contributed by atoms with Gasteiger partial charge in [0.1, 0.15) is 6.04 Å². The van der Waals surface area contributed by atoms with Crippen LogP contribution in [-0.2, 0) is 16.0 Å². The van der Waals surface area contributed by atoms with Crippen molar-refractivity contribution in [2.24, 2.45) is 11.7 Å². The molecule has 0 fully saturated rings. The van der Waals surface area contributed by atoms with Crippen LogP contribution in [0.25, 0.3) is 0 Å². The number of nitrogens with two attached hydrogens (primary N) is 1. The molecular formula is C19H29Cl2N3O2. The SMILES string of the molecule is CC(C)C(NC(=O)CCCCCN)C(=O)NCCc1ccc(Cl)cc1Cl. The van der Waals surface area contributed by atoms with Crippen molar-refractivity contribution < 1.29 is 9.59 Å². The van der Waals surface area contributed by atoms with E-state index in [0.717, 1.165) is 24.8 Å². The average Bonchev–Trinajstić information content (AvgIpc) is 2.58. The Morgan fingerprint density at radius 3 is 2.50 bits per heavy atom. The maximum Gasteiger partial charge on any atom is 0.242 e. The van der Waals surface area contributed by atoms with Crippen molar-refractivity contribution in [3.8, 4) is 0 Å². The van der Waals surface area contributed by atoms with E-state index < -0.39 is 6.04 Å². The first-order chi connectivity index (χ1) is 12.3. The molecule has 0 saturated carbocycles. The molecule has 0 aliphatic rings. The zero-order valence-electron chi connectivity index (χ0n) is 15.5. The van der Waals surface area contributed by atoms with Crippen molar-refractivity contribution in [3.05, 3.63) is 33.8 Å². The van der Waals surface area contributed by atoms with Crippen LogP contribution in [0.5, 0.6) is 0 Å². The van der Waals surface area contributed by atoms with Crippen LogP contribution < -0.4 is 16.4 Å². The summed E-state index contributed by atoms with van der Waals surface area (Å²) in [6.07, 6.45) is 3.62. The second-order valence-corrected chi connectivity index (χ2v) is 7.51. The molecule has 7 heteroatoms. The standard InChI is InChI=1S/C19H29Cl2N3O2/c1-13(2)18(24-17(25)6-4-3-5-10-22)19(26)23-11-9-14-7-8-15(20)12-16(14)21/h7-8,12-13,18H,3-6,9-11,22H2,1-2H3,(H,23,26)(H,24,25). The number of unbranched alkanes of at least 4 members (excludes halogenated alkanes) is 2. The Morgan fingerprint density at radius 2 is 1.88 bits per heavy atom. The summed E-state index contributed by atoms with van der Waals surface area (Å²) in [5.74, 6) is -0.279. The molecule has 1 rings (SSSR count). The first-order valence-corrected chi connectivity index (χ1v) is 9.81. The highest BCUT2D eigenvalue weighted by Gasteiger charge is 2.23. The van der Waals surface area contributed by atoms with Crippen molar-refractivity contribution in [1.29, 1.82) is 0 Å². The van der Waals surface area contributed by atoms with Gasteiger partial charge in [0.05, 0.1) is 0 Å². The van der Waals surface area contributed by atoms with Crippen LogP contribution in [0.4, 0.5) is 0 Å². The molecule has 0 aliphatic heterocycles. The van der Waals surface area contributed by atoms with Crippen molar-refractivity contribution in [3.63, 3.8) is 0 Å². The van der Waals surface area contributed by atoms with E-state index in [-0.39, 0.29) is 17.7 Å². The van der Waals surface area contributed by atoms with E-state index >= 15 is 0 Å².